The van der Waals surface area contributed by atoms with Crippen LogP contribution in [0.2, 0.25) is 5.02 Å². The van der Waals surface area contributed by atoms with Crippen LogP contribution >= 0.6 is 34.8 Å². The lowest BCUT2D eigenvalue weighted by Gasteiger charge is -2.06. The van der Waals surface area contributed by atoms with Crippen LogP contribution < -0.4 is 5.32 Å². The molecule has 0 aliphatic carbocycles. The number of rotatable bonds is 2. The first-order chi connectivity index (χ1) is 6.50. The smallest absolute Gasteiger partial charge is 0.257 e. The Hall–Kier alpha value is -0.510. The molecular formula is C8H5Cl3FNO. The maximum atomic E-state index is 13.1. The van der Waals surface area contributed by atoms with Crippen molar-refractivity contribution >= 4 is 46.4 Å². The first-order valence-corrected chi connectivity index (χ1v) is 4.80. The van der Waals surface area contributed by atoms with Crippen LogP contribution in [0.1, 0.15) is 0 Å². The lowest BCUT2D eigenvalue weighted by Crippen LogP contribution is -2.19. The summed E-state index contributed by atoms with van der Waals surface area (Å²) in [4.78, 5) is 9.74. The molecular weight excluding hydrogens is 251 g/mol. The van der Waals surface area contributed by atoms with E-state index in [9.17, 15) is 9.18 Å². The summed E-state index contributed by atoms with van der Waals surface area (Å²) in [5, 5.41) is 2.44. The second-order valence-corrected chi connectivity index (χ2v) is 3.95. The molecule has 6 heteroatoms. The predicted molar refractivity (Wildman–Crippen MR) is 55.5 cm³/mol. The van der Waals surface area contributed by atoms with Crippen LogP contribution in [-0.2, 0) is 4.79 Å². The van der Waals surface area contributed by atoms with E-state index in [1.807, 2.05) is 0 Å². The third-order valence-corrected chi connectivity index (χ3v) is 2.02. The average Bonchev–Trinajstić information content (AvgIpc) is 2.09. The minimum absolute atomic E-state index is 0.00861. The Morgan fingerprint density at radius 3 is 2.57 bits per heavy atom. The fraction of sp³-hybridized carbons (Fsp3) is 0.125. The van der Waals surface area contributed by atoms with E-state index in [0.29, 0.717) is 0 Å². The van der Waals surface area contributed by atoms with Gasteiger partial charge in [0, 0.05) is 5.02 Å². The molecule has 0 atom stereocenters. The monoisotopic (exact) mass is 255 g/mol. The molecule has 0 fully saturated rings. The van der Waals surface area contributed by atoms with Gasteiger partial charge in [0.2, 0.25) is 0 Å². The number of benzene rings is 1. The summed E-state index contributed by atoms with van der Waals surface area (Å²) in [5.41, 5.74) is -0.00861. The van der Waals surface area contributed by atoms with Crippen molar-refractivity contribution in [3.8, 4) is 0 Å². The molecule has 0 aliphatic rings. The van der Waals surface area contributed by atoms with E-state index in [2.05, 4.69) is 5.32 Å². The topological polar surface area (TPSA) is 29.1 Å². The molecule has 1 N–H and O–H groups in total. The number of hydrogen-bond acceptors (Lipinski definition) is 1. The third-order valence-electron chi connectivity index (χ3n) is 1.39. The van der Waals surface area contributed by atoms with Gasteiger partial charge in [-0.05, 0) is 18.2 Å². The number of carbonyl (C=O) groups is 1. The number of nitrogens with one attached hydrogen (secondary N) is 1. The minimum Gasteiger partial charge on any atom is -0.321 e. The number of alkyl halides is 2. The van der Waals surface area contributed by atoms with Crippen molar-refractivity contribution in [2.24, 2.45) is 0 Å². The first kappa shape index (κ1) is 11.6. The second-order valence-electron chi connectivity index (χ2n) is 2.41. The molecule has 0 aliphatic heterocycles. The molecule has 1 rings (SSSR count). The summed E-state index contributed by atoms with van der Waals surface area (Å²) in [6.07, 6.45) is 0. The molecule has 0 unspecified atom stereocenters. The van der Waals surface area contributed by atoms with Gasteiger partial charge in [-0.2, -0.15) is 0 Å². The van der Waals surface area contributed by atoms with Crippen LogP contribution in [0.4, 0.5) is 10.1 Å². The van der Waals surface area contributed by atoms with Crippen LogP contribution in [0.3, 0.4) is 0 Å². The number of carbonyl (C=O) groups excluding carboxylic acids is 1. The van der Waals surface area contributed by atoms with Gasteiger partial charge in [0.1, 0.15) is 5.82 Å². The number of hydrogen-bond donors (Lipinski definition) is 1. The van der Waals surface area contributed by atoms with Gasteiger partial charge in [0.25, 0.3) is 5.91 Å². The van der Waals surface area contributed by atoms with Crippen LogP contribution in [0.25, 0.3) is 0 Å². The van der Waals surface area contributed by atoms with Crippen LogP contribution in [0.15, 0.2) is 18.2 Å². The quantitative estimate of drug-likeness (QED) is 0.809. The van der Waals surface area contributed by atoms with Gasteiger partial charge in [-0.1, -0.05) is 34.8 Å². The maximum absolute atomic E-state index is 13.1. The average molecular weight is 256 g/mol. The van der Waals surface area contributed by atoms with E-state index in [-0.39, 0.29) is 10.7 Å². The fourth-order valence-corrected chi connectivity index (χ4v) is 1.05. The highest BCUT2D eigenvalue weighted by Gasteiger charge is 2.13. The third kappa shape index (κ3) is 3.01. The summed E-state index contributed by atoms with van der Waals surface area (Å²) < 4.78 is 13.1. The molecule has 0 heterocycles. The molecule has 0 aromatic heterocycles. The summed E-state index contributed by atoms with van der Waals surface area (Å²) in [6.45, 7) is 0. The number of anilines is 1. The zero-order valence-electron chi connectivity index (χ0n) is 6.73. The fourth-order valence-electron chi connectivity index (χ4n) is 0.778. The Morgan fingerprint density at radius 2 is 2.07 bits per heavy atom. The maximum Gasteiger partial charge on any atom is 0.257 e. The van der Waals surface area contributed by atoms with Crippen molar-refractivity contribution in [2.45, 2.75) is 4.84 Å². The highest BCUT2D eigenvalue weighted by atomic mass is 35.5. The van der Waals surface area contributed by atoms with E-state index in [1.165, 1.54) is 12.1 Å². The van der Waals surface area contributed by atoms with Crippen molar-refractivity contribution in [2.75, 3.05) is 5.32 Å². The molecule has 1 amide bonds. The lowest BCUT2D eigenvalue weighted by molar-refractivity contribution is -0.114. The van der Waals surface area contributed by atoms with E-state index in [1.54, 1.807) is 0 Å². The van der Waals surface area contributed by atoms with Crippen molar-refractivity contribution in [1.82, 2.24) is 0 Å². The molecule has 2 nitrogen and oxygen atoms in total. The van der Waals surface area contributed by atoms with Gasteiger partial charge in [-0.25, -0.2) is 4.39 Å². The highest BCUT2D eigenvalue weighted by Crippen LogP contribution is 2.19. The van der Waals surface area contributed by atoms with E-state index < -0.39 is 16.6 Å². The van der Waals surface area contributed by atoms with E-state index in [0.717, 1.165) is 6.07 Å². The lowest BCUT2D eigenvalue weighted by atomic mass is 10.3. The molecule has 1 aromatic rings. The van der Waals surface area contributed by atoms with E-state index in [4.69, 9.17) is 34.8 Å². The summed E-state index contributed by atoms with van der Waals surface area (Å²) in [5.74, 6) is -1.32. The Bertz CT molecular complexity index is 356. The molecule has 1 aromatic carbocycles. The molecule has 76 valence electrons. The number of halogens is 4. The highest BCUT2D eigenvalue weighted by molar-refractivity contribution is 6.54. The minimum atomic E-state index is -1.23. The summed E-state index contributed by atoms with van der Waals surface area (Å²) >= 11 is 16.0. The largest absolute Gasteiger partial charge is 0.321 e. The van der Waals surface area contributed by atoms with Crippen LogP contribution in [-0.4, -0.2) is 10.7 Å². The van der Waals surface area contributed by atoms with Crippen LogP contribution in [0.5, 0.6) is 0 Å². The van der Waals surface area contributed by atoms with Gasteiger partial charge < -0.3 is 5.32 Å². The van der Waals surface area contributed by atoms with Crippen molar-refractivity contribution < 1.29 is 9.18 Å². The Kier molecular flexibility index (Phi) is 3.98. The van der Waals surface area contributed by atoms with E-state index >= 15 is 0 Å². The number of amides is 1. The van der Waals surface area contributed by atoms with Crippen molar-refractivity contribution in [3.63, 3.8) is 0 Å². The summed E-state index contributed by atoms with van der Waals surface area (Å²) in [7, 11) is 0. The second kappa shape index (κ2) is 4.82. The molecule has 0 bridgehead atoms. The molecule has 14 heavy (non-hydrogen) atoms. The van der Waals surface area contributed by atoms with Gasteiger partial charge in [0.05, 0.1) is 5.69 Å². The van der Waals surface area contributed by atoms with Gasteiger partial charge in [-0.3, -0.25) is 4.79 Å². The van der Waals surface area contributed by atoms with Gasteiger partial charge in [-0.15, -0.1) is 0 Å². The Morgan fingerprint density at radius 1 is 1.43 bits per heavy atom. The van der Waals surface area contributed by atoms with Gasteiger partial charge in [0.15, 0.2) is 4.84 Å². The predicted octanol–water partition coefficient (Wildman–Crippen LogP) is 3.22. The zero-order valence-corrected chi connectivity index (χ0v) is 9.00. The molecule has 0 spiro atoms. The molecule has 0 saturated carbocycles. The van der Waals surface area contributed by atoms with Crippen LogP contribution in [0, 0.1) is 5.82 Å². The zero-order chi connectivity index (χ0) is 10.7. The van der Waals surface area contributed by atoms with Crippen molar-refractivity contribution in [1.29, 1.82) is 0 Å². The van der Waals surface area contributed by atoms with Crippen molar-refractivity contribution in [3.05, 3.63) is 29.0 Å². The summed E-state index contributed by atoms with van der Waals surface area (Å²) in [6, 6.07) is 3.85. The Balaban J connectivity index is 2.82. The molecule has 0 radical (unpaired) electrons. The standard InChI is InChI=1S/C8H5Cl3FNO/c9-4-1-2-6(5(12)3-4)13-8(14)7(10)11/h1-3,7H,(H,13,14). The van der Waals surface area contributed by atoms with Gasteiger partial charge >= 0.3 is 0 Å². The molecule has 0 saturated heterocycles. The SMILES string of the molecule is O=C(Nc1ccc(Cl)cc1F)C(Cl)Cl. The first-order valence-electron chi connectivity index (χ1n) is 3.55. The Labute approximate surface area is 94.9 Å². The normalized spacial score (nSPS) is 10.4.